The molecular formula is C28H24ClFN6O3. The number of aliphatic imine (C=N–C) groups is 1. The van der Waals surface area contributed by atoms with E-state index in [4.69, 9.17) is 23.8 Å². The van der Waals surface area contributed by atoms with Gasteiger partial charge in [-0.15, -0.1) is 6.42 Å². The quantitative estimate of drug-likeness (QED) is 0.232. The Morgan fingerprint density at radius 3 is 2.46 bits per heavy atom. The SMILES string of the molecule is C#Cc1ccc(NC(=O)c2ccc(N=CN3CCC(C(N)=O)CC3)cc2F)c(C(=O)Nc2ccc(Cl)cn2)c1. The van der Waals surface area contributed by atoms with Crippen LogP contribution in [0.4, 0.5) is 21.6 Å². The number of carbonyl (C=O) groups is 3. The molecule has 0 unspecified atom stereocenters. The molecule has 1 aromatic heterocycles. The summed E-state index contributed by atoms with van der Waals surface area (Å²) in [7, 11) is 0. The first-order valence-corrected chi connectivity index (χ1v) is 12.3. The normalized spacial score (nSPS) is 13.6. The van der Waals surface area contributed by atoms with Crippen LogP contribution in [0.5, 0.6) is 0 Å². The molecule has 4 N–H and O–H groups in total. The maximum atomic E-state index is 14.9. The Labute approximate surface area is 229 Å². The standard InChI is InChI=1S/C28H24ClFN6O3/c1-2-17-3-7-24(22(13-17)28(39)35-25-8-4-19(29)15-32-25)34-27(38)21-6-5-20(14-23(21)30)33-16-36-11-9-18(10-12-36)26(31)37/h1,3-8,13-16,18H,9-12H2,(H2,31,37)(H,34,38)(H,32,35,39). The van der Waals surface area contributed by atoms with Crippen molar-refractivity contribution in [3.8, 4) is 12.3 Å². The Morgan fingerprint density at radius 1 is 1.08 bits per heavy atom. The van der Waals surface area contributed by atoms with E-state index in [2.05, 4.69) is 26.5 Å². The molecule has 3 aromatic rings. The van der Waals surface area contributed by atoms with Gasteiger partial charge in [0.15, 0.2) is 0 Å². The minimum Gasteiger partial charge on any atom is -0.369 e. The minimum absolute atomic E-state index is 0.0669. The van der Waals surface area contributed by atoms with E-state index in [-0.39, 0.29) is 34.5 Å². The van der Waals surface area contributed by atoms with Crippen molar-refractivity contribution in [3.63, 3.8) is 0 Å². The van der Waals surface area contributed by atoms with Gasteiger partial charge in [0.1, 0.15) is 11.6 Å². The van der Waals surface area contributed by atoms with Gasteiger partial charge in [-0.2, -0.15) is 0 Å². The van der Waals surface area contributed by atoms with E-state index in [1.165, 1.54) is 36.5 Å². The van der Waals surface area contributed by atoms with Crippen molar-refractivity contribution >= 4 is 52.9 Å². The molecule has 3 amide bonds. The zero-order chi connectivity index (χ0) is 27.9. The molecule has 0 atom stereocenters. The van der Waals surface area contributed by atoms with Crippen molar-refractivity contribution in [1.82, 2.24) is 9.88 Å². The van der Waals surface area contributed by atoms with Crippen LogP contribution in [0.15, 0.2) is 59.7 Å². The number of rotatable bonds is 7. The molecule has 2 heterocycles. The summed E-state index contributed by atoms with van der Waals surface area (Å²) in [4.78, 5) is 47.4. The van der Waals surface area contributed by atoms with Gasteiger partial charge in [0.25, 0.3) is 11.8 Å². The molecule has 0 saturated carbocycles. The second-order valence-corrected chi connectivity index (χ2v) is 9.23. The smallest absolute Gasteiger partial charge is 0.258 e. The van der Waals surface area contributed by atoms with Crippen LogP contribution in [0.3, 0.4) is 0 Å². The number of terminal acetylenes is 1. The van der Waals surface area contributed by atoms with Crippen LogP contribution in [0.1, 0.15) is 39.1 Å². The first-order valence-electron chi connectivity index (χ1n) is 12.0. The molecule has 1 fully saturated rings. The Bertz CT molecular complexity index is 1480. The maximum absolute atomic E-state index is 14.9. The van der Waals surface area contributed by atoms with Gasteiger partial charge in [-0.3, -0.25) is 14.4 Å². The molecule has 39 heavy (non-hydrogen) atoms. The monoisotopic (exact) mass is 546 g/mol. The minimum atomic E-state index is -0.786. The number of amides is 3. The van der Waals surface area contributed by atoms with Gasteiger partial charge in [0.2, 0.25) is 5.91 Å². The number of nitrogens with one attached hydrogen (secondary N) is 2. The fourth-order valence-corrected chi connectivity index (χ4v) is 4.08. The summed E-state index contributed by atoms with van der Waals surface area (Å²) < 4.78 is 14.9. The predicted molar refractivity (Wildman–Crippen MR) is 148 cm³/mol. The van der Waals surface area contributed by atoms with Gasteiger partial charge in [0, 0.05) is 36.8 Å². The molecule has 9 nitrogen and oxygen atoms in total. The third kappa shape index (κ3) is 6.97. The number of primary amides is 1. The molecule has 0 spiro atoms. The molecule has 11 heteroatoms. The number of hydrogen-bond acceptors (Lipinski definition) is 5. The van der Waals surface area contributed by atoms with Crippen molar-refractivity contribution < 1.29 is 18.8 Å². The van der Waals surface area contributed by atoms with Crippen LogP contribution in [-0.4, -0.2) is 47.0 Å². The number of hydrogen-bond donors (Lipinski definition) is 3. The third-order valence-corrected chi connectivity index (χ3v) is 6.37. The van der Waals surface area contributed by atoms with Crippen molar-refractivity contribution in [2.24, 2.45) is 16.6 Å². The summed E-state index contributed by atoms with van der Waals surface area (Å²) in [6.45, 7) is 1.23. The summed E-state index contributed by atoms with van der Waals surface area (Å²) in [5.74, 6) is 0.106. The van der Waals surface area contributed by atoms with Gasteiger partial charge < -0.3 is 21.3 Å². The molecule has 4 rings (SSSR count). The average molecular weight is 547 g/mol. The number of halogens is 2. The largest absolute Gasteiger partial charge is 0.369 e. The van der Waals surface area contributed by atoms with E-state index in [0.717, 1.165) is 6.07 Å². The van der Waals surface area contributed by atoms with Gasteiger partial charge in [0.05, 0.1) is 33.9 Å². The lowest BCUT2D eigenvalue weighted by Crippen LogP contribution is -2.37. The van der Waals surface area contributed by atoms with Crippen molar-refractivity contribution in [2.75, 3.05) is 23.7 Å². The number of likely N-dealkylation sites (tertiary alicyclic amines) is 1. The van der Waals surface area contributed by atoms with Crippen LogP contribution >= 0.6 is 11.6 Å². The molecular weight excluding hydrogens is 523 g/mol. The predicted octanol–water partition coefficient (Wildman–Crippen LogP) is 4.22. The number of benzene rings is 2. The van der Waals surface area contributed by atoms with Crippen molar-refractivity contribution in [1.29, 1.82) is 0 Å². The molecule has 198 valence electrons. The topological polar surface area (TPSA) is 130 Å². The van der Waals surface area contributed by atoms with Crippen molar-refractivity contribution in [2.45, 2.75) is 12.8 Å². The zero-order valence-electron chi connectivity index (χ0n) is 20.7. The summed E-state index contributed by atoms with van der Waals surface area (Å²) in [5, 5.41) is 5.59. The Morgan fingerprint density at radius 2 is 1.82 bits per heavy atom. The molecule has 1 saturated heterocycles. The highest BCUT2D eigenvalue weighted by molar-refractivity contribution is 6.30. The first-order chi connectivity index (χ1) is 18.7. The van der Waals surface area contributed by atoms with Gasteiger partial charge >= 0.3 is 0 Å². The van der Waals surface area contributed by atoms with Crippen LogP contribution < -0.4 is 16.4 Å². The Kier molecular flexibility index (Phi) is 8.53. The summed E-state index contributed by atoms with van der Waals surface area (Å²) in [5.41, 5.74) is 6.04. The number of carbonyl (C=O) groups excluding carboxylic acids is 3. The van der Waals surface area contributed by atoms with Crippen LogP contribution in [0, 0.1) is 24.1 Å². The number of piperidine rings is 1. The number of anilines is 2. The zero-order valence-corrected chi connectivity index (χ0v) is 21.4. The average Bonchev–Trinajstić information content (AvgIpc) is 2.93. The molecule has 0 bridgehead atoms. The Hall–Kier alpha value is -4.75. The van der Waals surface area contributed by atoms with E-state index >= 15 is 0 Å². The molecule has 0 aliphatic carbocycles. The van der Waals surface area contributed by atoms with E-state index in [1.807, 2.05) is 4.90 Å². The van der Waals surface area contributed by atoms with Crippen LogP contribution in [0.2, 0.25) is 5.02 Å². The summed E-state index contributed by atoms with van der Waals surface area (Å²) in [6, 6.07) is 11.5. The lowest BCUT2D eigenvalue weighted by Gasteiger charge is -2.28. The molecule has 1 aliphatic rings. The number of nitrogens with zero attached hydrogens (tertiary/aromatic N) is 3. The van der Waals surface area contributed by atoms with Crippen LogP contribution in [-0.2, 0) is 4.79 Å². The lowest BCUT2D eigenvalue weighted by molar-refractivity contribution is -0.122. The highest BCUT2D eigenvalue weighted by Crippen LogP contribution is 2.23. The highest BCUT2D eigenvalue weighted by atomic mass is 35.5. The molecule has 2 aromatic carbocycles. The number of nitrogens with two attached hydrogens (primary N) is 1. The van der Waals surface area contributed by atoms with Gasteiger partial charge in [-0.05, 0) is 55.3 Å². The van der Waals surface area contributed by atoms with E-state index in [0.29, 0.717) is 42.2 Å². The molecule has 0 radical (unpaired) electrons. The van der Waals surface area contributed by atoms with Gasteiger partial charge in [-0.25, -0.2) is 14.4 Å². The fraction of sp³-hybridized carbons (Fsp3) is 0.179. The van der Waals surface area contributed by atoms with E-state index in [1.54, 1.807) is 18.5 Å². The number of pyridine rings is 1. The molecule has 1 aliphatic heterocycles. The van der Waals surface area contributed by atoms with E-state index in [9.17, 15) is 18.8 Å². The fourth-order valence-electron chi connectivity index (χ4n) is 3.97. The number of aromatic nitrogens is 1. The second kappa shape index (κ2) is 12.2. The van der Waals surface area contributed by atoms with Crippen molar-refractivity contribution in [3.05, 3.63) is 82.3 Å². The van der Waals surface area contributed by atoms with Crippen LogP contribution in [0.25, 0.3) is 0 Å². The highest BCUT2D eigenvalue weighted by Gasteiger charge is 2.22. The first kappa shape index (κ1) is 27.3. The second-order valence-electron chi connectivity index (χ2n) is 8.80. The summed E-state index contributed by atoms with van der Waals surface area (Å²) >= 11 is 5.84. The van der Waals surface area contributed by atoms with E-state index < -0.39 is 17.6 Å². The Balaban J connectivity index is 1.46. The third-order valence-electron chi connectivity index (χ3n) is 6.15. The summed E-state index contributed by atoms with van der Waals surface area (Å²) in [6.07, 6.45) is 9.70. The maximum Gasteiger partial charge on any atom is 0.258 e. The van der Waals surface area contributed by atoms with Gasteiger partial charge in [-0.1, -0.05) is 17.5 Å². The lowest BCUT2D eigenvalue weighted by atomic mass is 9.97.